The summed E-state index contributed by atoms with van der Waals surface area (Å²) in [4.78, 5) is 22.1. The summed E-state index contributed by atoms with van der Waals surface area (Å²) >= 11 is 3.27. The largest absolute Gasteiger partial charge is 0.495 e. The number of nitrogens with one attached hydrogen (secondary N) is 2. The second-order valence-electron chi connectivity index (χ2n) is 3.50. The molecule has 7 heteroatoms. The first-order chi connectivity index (χ1) is 8.43. The van der Waals surface area contributed by atoms with Gasteiger partial charge in [0, 0.05) is 4.47 Å². The van der Waals surface area contributed by atoms with Crippen LogP contribution in [-0.4, -0.2) is 30.3 Å². The summed E-state index contributed by atoms with van der Waals surface area (Å²) in [6.45, 7) is 1.38. The maximum atomic E-state index is 11.6. The fraction of sp³-hybridized carbons (Fsp3) is 0.273. The Morgan fingerprint density at radius 3 is 2.67 bits per heavy atom. The molecule has 0 saturated heterocycles. The van der Waals surface area contributed by atoms with Crippen molar-refractivity contribution in [2.45, 2.75) is 13.0 Å². The van der Waals surface area contributed by atoms with E-state index in [1.807, 2.05) is 0 Å². The lowest BCUT2D eigenvalue weighted by molar-refractivity contribution is -0.138. The summed E-state index contributed by atoms with van der Waals surface area (Å²) in [6.07, 6.45) is 0. The average Bonchev–Trinajstić information content (AvgIpc) is 2.28. The van der Waals surface area contributed by atoms with Gasteiger partial charge in [0.25, 0.3) is 0 Å². The van der Waals surface area contributed by atoms with Crippen LogP contribution in [0, 0.1) is 0 Å². The smallest absolute Gasteiger partial charge is 0.325 e. The van der Waals surface area contributed by atoms with Crippen molar-refractivity contribution in [2.75, 3.05) is 12.4 Å². The van der Waals surface area contributed by atoms with E-state index in [2.05, 4.69) is 26.6 Å². The molecule has 0 aromatic heterocycles. The number of urea groups is 1. The molecule has 1 atom stereocenters. The monoisotopic (exact) mass is 316 g/mol. The quantitative estimate of drug-likeness (QED) is 0.793. The van der Waals surface area contributed by atoms with Crippen LogP contribution in [0.4, 0.5) is 10.5 Å². The molecular formula is C11H13BrN2O4. The summed E-state index contributed by atoms with van der Waals surface area (Å²) in [7, 11) is 1.48. The Hall–Kier alpha value is -1.76. The van der Waals surface area contributed by atoms with Crippen LogP contribution in [0.5, 0.6) is 5.75 Å². The van der Waals surface area contributed by atoms with Crippen LogP contribution in [0.3, 0.4) is 0 Å². The number of hydrogen-bond acceptors (Lipinski definition) is 3. The predicted octanol–water partition coefficient (Wildman–Crippen LogP) is 2.05. The molecule has 0 aliphatic heterocycles. The highest BCUT2D eigenvalue weighted by Crippen LogP contribution is 2.27. The third-order valence-corrected chi connectivity index (χ3v) is 2.62. The number of anilines is 1. The molecule has 0 aliphatic carbocycles. The molecule has 1 rings (SSSR count). The number of hydrogen-bond donors (Lipinski definition) is 3. The minimum absolute atomic E-state index is 0.446. The van der Waals surface area contributed by atoms with Gasteiger partial charge in [-0.1, -0.05) is 15.9 Å². The summed E-state index contributed by atoms with van der Waals surface area (Å²) in [5.74, 6) is -0.623. The van der Waals surface area contributed by atoms with Crippen LogP contribution in [0.25, 0.3) is 0 Å². The van der Waals surface area contributed by atoms with Gasteiger partial charge in [-0.25, -0.2) is 4.79 Å². The number of halogens is 1. The summed E-state index contributed by atoms with van der Waals surface area (Å²) < 4.78 is 5.84. The molecule has 0 bridgehead atoms. The molecule has 2 amide bonds. The van der Waals surface area contributed by atoms with Crippen molar-refractivity contribution in [3.8, 4) is 5.75 Å². The Morgan fingerprint density at radius 1 is 1.44 bits per heavy atom. The molecule has 18 heavy (non-hydrogen) atoms. The van der Waals surface area contributed by atoms with Crippen molar-refractivity contribution < 1.29 is 19.4 Å². The minimum Gasteiger partial charge on any atom is -0.495 e. The molecule has 0 spiro atoms. The van der Waals surface area contributed by atoms with Crippen LogP contribution in [0.2, 0.25) is 0 Å². The molecule has 3 N–H and O–H groups in total. The summed E-state index contributed by atoms with van der Waals surface area (Å²) in [5.41, 5.74) is 0.446. The normalized spacial score (nSPS) is 11.5. The number of aliphatic carboxylic acids is 1. The van der Waals surface area contributed by atoms with E-state index >= 15 is 0 Å². The Kier molecular flexibility index (Phi) is 4.96. The van der Waals surface area contributed by atoms with Gasteiger partial charge in [0.2, 0.25) is 0 Å². The van der Waals surface area contributed by atoms with Crippen LogP contribution >= 0.6 is 15.9 Å². The molecular weight excluding hydrogens is 304 g/mol. The number of carboxylic acid groups (broad SMARTS) is 1. The lowest BCUT2D eigenvalue weighted by atomic mass is 10.3. The maximum absolute atomic E-state index is 11.6. The zero-order valence-corrected chi connectivity index (χ0v) is 11.4. The number of ether oxygens (including phenoxy) is 1. The number of carbonyl (C=O) groups is 2. The first-order valence-corrected chi connectivity index (χ1v) is 5.87. The van der Waals surface area contributed by atoms with E-state index in [0.29, 0.717) is 11.4 Å². The van der Waals surface area contributed by atoms with Crippen molar-refractivity contribution in [3.63, 3.8) is 0 Å². The molecule has 0 unspecified atom stereocenters. The topological polar surface area (TPSA) is 87.7 Å². The number of rotatable bonds is 4. The number of carbonyl (C=O) groups excluding carboxylic acids is 1. The van der Waals surface area contributed by atoms with Gasteiger partial charge >= 0.3 is 12.0 Å². The minimum atomic E-state index is -1.11. The molecule has 0 radical (unpaired) electrons. The molecule has 98 valence electrons. The number of amides is 2. The van der Waals surface area contributed by atoms with Gasteiger partial charge in [0.1, 0.15) is 11.8 Å². The van der Waals surface area contributed by atoms with E-state index < -0.39 is 18.0 Å². The van der Waals surface area contributed by atoms with E-state index in [9.17, 15) is 9.59 Å². The highest BCUT2D eigenvalue weighted by atomic mass is 79.9. The molecule has 0 saturated carbocycles. The number of methoxy groups -OCH3 is 1. The second-order valence-corrected chi connectivity index (χ2v) is 4.42. The third kappa shape index (κ3) is 3.92. The highest BCUT2D eigenvalue weighted by Gasteiger charge is 2.15. The van der Waals surface area contributed by atoms with E-state index in [1.165, 1.54) is 14.0 Å². The Balaban J connectivity index is 2.75. The molecule has 0 aliphatic rings. The van der Waals surface area contributed by atoms with Gasteiger partial charge in [-0.15, -0.1) is 0 Å². The lowest BCUT2D eigenvalue weighted by Gasteiger charge is -2.13. The van der Waals surface area contributed by atoms with Gasteiger partial charge in [-0.05, 0) is 25.1 Å². The van der Waals surface area contributed by atoms with Crippen LogP contribution in [0.1, 0.15) is 6.92 Å². The van der Waals surface area contributed by atoms with E-state index in [-0.39, 0.29) is 0 Å². The van der Waals surface area contributed by atoms with Crippen LogP contribution < -0.4 is 15.4 Å². The fourth-order valence-corrected chi connectivity index (χ4v) is 1.56. The molecule has 0 fully saturated rings. The average molecular weight is 317 g/mol. The van der Waals surface area contributed by atoms with E-state index in [0.717, 1.165) is 4.47 Å². The van der Waals surface area contributed by atoms with Gasteiger partial charge in [-0.2, -0.15) is 0 Å². The Labute approximate surface area is 112 Å². The Bertz CT molecular complexity index is 464. The second kappa shape index (κ2) is 6.25. The molecule has 0 heterocycles. The van der Waals surface area contributed by atoms with Gasteiger partial charge in [0.05, 0.1) is 12.8 Å². The summed E-state index contributed by atoms with van der Waals surface area (Å²) in [5, 5.41) is 13.5. The lowest BCUT2D eigenvalue weighted by Crippen LogP contribution is -2.40. The predicted molar refractivity (Wildman–Crippen MR) is 69.9 cm³/mol. The molecule has 1 aromatic rings. The van der Waals surface area contributed by atoms with E-state index in [4.69, 9.17) is 9.84 Å². The van der Waals surface area contributed by atoms with Gasteiger partial charge < -0.3 is 20.5 Å². The Morgan fingerprint density at radius 2 is 2.11 bits per heavy atom. The van der Waals surface area contributed by atoms with Gasteiger partial charge in [-0.3, -0.25) is 4.79 Å². The van der Waals surface area contributed by atoms with Crippen molar-refractivity contribution in [3.05, 3.63) is 22.7 Å². The SMILES string of the molecule is COc1ccc(Br)cc1NC(=O)N[C@@H](C)C(=O)O. The van der Waals surface area contributed by atoms with Crippen LogP contribution in [-0.2, 0) is 4.79 Å². The summed E-state index contributed by atoms with van der Waals surface area (Å²) in [6, 6.07) is 3.52. The third-order valence-electron chi connectivity index (χ3n) is 2.13. The van der Waals surface area contributed by atoms with Crippen molar-refractivity contribution in [2.24, 2.45) is 0 Å². The van der Waals surface area contributed by atoms with Crippen LogP contribution in [0.15, 0.2) is 22.7 Å². The van der Waals surface area contributed by atoms with Crippen molar-refractivity contribution >= 4 is 33.6 Å². The standard InChI is InChI=1S/C11H13BrN2O4/c1-6(10(15)16)13-11(17)14-8-5-7(12)3-4-9(8)18-2/h3-6H,1-2H3,(H,15,16)(H2,13,14,17)/t6-/m0/s1. The van der Waals surface area contributed by atoms with E-state index in [1.54, 1.807) is 18.2 Å². The van der Waals surface area contributed by atoms with Crippen molar-refractivity contribution in [1.29, 1.82) is 0 Å². The first-order valence-electron chi connectivity index (χ1n) is 5.08. The number of benzene rings is 1. The fourth-order valence-electron chi connectivity index (χ4n) is 1.19. The molecule has 6 nitrogen and oxygen atoms in total. The van der Waals surface area contributed by atoms with Gasteiger partial charge in [0.15, 0.2) is 0 Å². The zero-order valence-electron chi connectivity index (χ0n) is 9.86. The van der Waals surface area contributed by atoms with Crippen molar-refractivity contribution in [1.82, 2.24) is 5.32 Å². The maximum Gasteiger partial charge on any atom is 0.325 e. The highest BCUT2D eigenvalue weighted by molar-refractivity contribution is 9.10. The zero-order chi connectivity index (χ0) is 13.7. The number of carboxylic acids is 1. The first kappa shape index (κ1) is 14.3. The molecule has 1 aromatic carbocycles.